The number of rotatable bonds is 5. The third kappa shape index (κ3) is 3.54. The molecule has 1 N–H and O–H groups in total. The lowest BCUT2D eigenvalue weighted by molar-refractivity contribution is -0.145. The van der Waals surface area contributed by atoms with E-state index < -0.39 is 12.0 Å². The number of hydrogen-bond acceptors (Lipinski definition) is 4. The quantitative estimate of drug-likeness (QED) is 0.694. The molecule has 0 aliphatic heterocycles. The Morgan fingerprint density at radius 2 is 2.19 bits per heavy atom. The van der Waals surface area contributed by atoms with Gasteiger partial charge in [0.2, 0.25) is 5.91 Å². The lowest BCUT2D eigenvalue weighted by Crippen LogP contribution is -2.43. The topological polar surface area (TPSA) is 79.2 Å². The SMILES string of the molecule is COC(=O)[C@H](C[C@H](C)C#N)NC(=O)C1CC1. The summed E-state index contributed by atoms with van der Waals surface area (Å²) in [6.45, 7) is 1.71. The predicted molar refractivity (Wildman–Crippen MR) is 56.1 cm³/mol. The van der Waals surface area contributed by atoms with Crippen molar-refractivity contribution >= 4 is 11.9 Å². The Kier molecular flexibility index (Phi) is 4.29. The summed E-state index contributed by atoms with van der Waals surface area (Å²) in [4.78, 5) is 22.9. The molecule has 0 spiro atoms. The van der Waals surface area contributed by atoms with Crippen LogP contribution in [0.4, 0.5) is 0 Å². The van der Waals surface area contributed by atoms with E-state index in [-0.39, 0.29) is 17.7 Å². The second-order valence-electron chi connectivity index (χ2n) is 4.12. The van der Waals surface area contributed by atoms with E-state index in [2.05, 4.69) is 10.1 Å². The average molecular weight is 224 g/mol. The fraction of sp³-hybridized carbons (Fsp3) is 0.727. The zero-order valence-electron chi connectivity index (χ0n) is 9.53. The second kappa shape index (κ2) is 5.50. The molecular formula is C11H16N2O3. The summed E-state index contributed by atoms with van der Waals surface area (Å²) in [7, 11) is 1.27. The van der Waals surface area contributed by atoms with E-state index in [9.17, 15) is 9.59 Å². The van der Waals surface area contributed by atoms with Crippen molar-refractivity contribution in [3.63, 3.8) is 0 Å². The molecule has 0 aromatic carbocycles. The normalized spacial score (nSPS) is 18.1. The number of esters is 1. The summed E-state index contributed by atoms with van der Waals surface area (Å²) < 4.78 is 4.60. The molecular weight excluding hydrogens is 208 g/mol. The van der Waals surface area contributed by atoms with Gasteiger partial charge in [-0.05, 0) is 26.2 Å². The number of carbonyl (C=O) groups excluding carboxylic acids is 2. The third-order valence-corrected chi connectivity index (χ3v) is 2.56. The zero-order chi connectivity index (χ0) is 12.1. The van der Waals surface area contributed by atoms with Gasteiger partial charge in [0.1, 0.15) is 6.04 Å². The zero-order valence-corrected chi connectivity index (χ0v) is 9.53. The van der Waals surface area contributed by atoms with Crippen LogP contribution in [-0.2, 0) is 14.3 Å². The largest absolute Gasteiger partial charge is 0.467 e. The highest BCUT2D eigenvalue weighted by Gasteiger charge is 2.33. The van der Waals surface area contributed by atoms with Crippen LogP contribution in [0.5, 0.6) is 0 Å². The van der Waals surface area contributed by atoms with Crippen LogP contribution in [0, 0.1) is 23.2 Å². The number of amides is 1. The van der Waals surface area contributed by atoms with Crippen molar-refractivity contribution in [1.82, 2.24) is 5.32 Å². The lowest BCUT2D eigenvalue weighted by atomic mass is 10.0. The van der Waals surface area contributed by atoms with Gasteiger partial charge in [0, 0.05) is 11.8 Å². The highest BCUT2D eigenvalue weighted by atomic mass is 16.5. The molecule has 0 aromatic heterocycles. The molecule has 16 heavy (non-hydrogen) atoms. The summed E-state index contributed by atoms with van der Waals surface area (Å²) in [6, 6.07) is 1.33. The molecule has 0 unspecified atom stereocenters. The van der Waals surface area contributed by atoms with Crippen LogP contribution in [0.3, 0.4) is 0 Å². The Labute approximate surface area is 94.8 Å². The van der Waals surface area contributed by atoms with Gasteiger partial charge in [-0.25, -0.2) is 4.79 Å². The average Bonchev–Trinajstić information content (AvgIpc) is 3.10. The van der Waals surface area contributed by atoms with Crippen LogP contribution in [0.1, 0.15) is 26.2 Å². The Balaban J connectivity index is 2.52. The molecule has 1 aliphatic carbocycles. The molecule has 0 saturated heterocycles. The van der Waals surface area contributed by atoms with E-state index in [4.69, 9.17) is 5.26 Å². The van der Waals surface area contributed by atoms with Gasteiger partial charge in [-0.3, -0.25) is 4.79 Å². The van der Waals surface area contributed by atoms with Gasteiger partial charge >= 0.3 is 5.97 Å². The van der Waals surface area contributed by atoms with E-state index in [1.54, 1.807) is 6.92 Å². The molecule has 1 fully saturated rings. The van der Waals surface area contributed by atoms with Crippen LogP contribution in [0.25, 0.3) is 0 Å². The third-order valence-electron chi connectivity index (χ3n) is 2.56. The van der Waals surface area contributed by atoms with Crippen molar-refractivity contribution in [2.24, 2.45) is 11.8 Å². The van der Waals surface area contributed by atoms with Gasteiger partial charge in [-0.1, -0.05) is 0 Å². The number of methoxy groups -OCH3 is 1. The second-order valence-corrected chi connectivity index (χ2v) is 4.12. The fourth-order valence-corrected chi connectivity index (χ4v) is 1.40. The highest BCUT2D eigenvalue weighted by molar-refractivity contribution is 5.86. The van der Waals surface area contributed by atoms with E-state index in [0.29, 0.717) is 6.42 Å². The molecule has 0 heterocycles. The minimum Gasteiger partial charge on any atom is -0.467 e. The Morgan fingerprint density at radius 3 is 2.62 bits per heavy atom. The number of nitrogens with zero attached hydrogens (tertiary/aromatic N) is 1. The monoisotopic (exact) mass is 224 g/mol. The standard InChI is InChI=1S/C11H16N2O3/c1-7(6-12)5-9(11(15)16-2)13-10(14)8-3-4-8/h7-9H,3-5H2,1-2H3,(H,13,14)/t7-,9-/m0/s1. The van der Waals surface area contributed by atoms with E-state index in [1.165, 1.54) is 7.11 Å². The number of nitriles is 1. The van der Waals surface area contributed by atoms with Crippen molar-refractivity contribution in [2.45, 2.75) is 32.2 Å². The maximum atomic E-state index is 11.5. The van der Waals surface area contributed by atoms with Crippen LogP contribution < -0.4 is 5.32 Å². The molecule has 1 amide bonds. The molecule has 1 aliphatic rings. The van der Waals surface area contributed by atoms with Crippen molar-refractivity contribution in [1.29, 1.82) is 5.26 Å². The van der Waals surface area contributed by atoms with Crippen LogP contribution in [0.2, 0.25) is 0 Å². The molecule has 0 aromatic rings. The van der Waals surface area contributed by atoms with E-state index in [1.807, 2.05) is 6.07 Å². The minimum atomic E-state index is -0.701. The summed E-state index contributed by atoms with van der Waals surface area (Å²) in [5.74, 6) is -0.843. The van der Waals surface area contributed by atoms with Crippen molar-refractivity contribution < 1.29 is 14.3 Å². The molecule has 88 valence electrons. The Hall–Kier alpha value is -1.57. The van der Waals surface area contributed by atoms with Gasteiger partial charge in [-0.15, -0.1) is 0 Å². The lowest BCUT2D eigenvalue weighted by Gasteiger charge is -2.17. The smallest absolute Gasteiger partial charge is 0.328 e. The summed E-state index contributed by atoms with van der Waals surface area (Å²) in [5, 5.41) is 11.3. The van der Waals surface area contributed by atoms with Gasteiger partial charge in [0.15, 0.2) is 0 Å². The van der Waals surface area contributed by atoms with Crippen molar-refractivity contribution in [2.75, 3.05) is 7.11 Å². The molecule has 1 saturated carbocycles. The fourth-order valence-electron chi connectivity index (χ4n) is 1.40. The molecule has 2 atom stereocenters. The summed E-state index contributed by atoms with van der Waals surface area (Å²) >= 11 is 0. The van der Waals surface area contributed by atoms with Crippen molar-refractivity contribution in [3.8, 4) is 6.07 Å². The number of nitrogens with one attached hydrogen (secondary N) is 1. The van der Waals surface area contributed by atoms with E-state index >= 15 is 0 Å². The molecule has 5 heteroatoms. The Morgan fingerprint density at radius 1 is 1.56 bits per heavy atom. The Bertz CT molecular complexity index is 318. The molecule has 0 radical (unpaired) electrons. The minimum absolute atomic E-state index is 0.0459. The van der Waals surface area contributed by atoms with Gasteiger partial charge in [0.05, 0.1) is 13.2 Å². The molecule has 1 rings (SSSR count). The number of carbonyl (C=O) groups is 2. The first-order chi connectivity index (χ1) is 7.58. The maximum Gasteiger partial charge on any atom is 0.328 e. The maximum absolute atomic E-state index is 11.5. The first kappa shape index (κ1) is 12.5. The van der Waals surface area contributed by atoms with Gasteiger partial charge < -0.3 is 10.1 Å². The van der Waals surface area contributed by atoms with Crippen LogP contribution in [-0.4, -0.2) is 25.0 Å². The number of hydrogen-bond donors (Lipinski definition) is 1. The molecule has 0 bridgehead atoms. The van der Waals surface area contributed by atoms with Crippen LogP contribution in [0.15, 0.2) is 0 Å². The predicted octanol–water partition coefficient (Wildman–Crippen LogP) is 0.604. The first-order valence-corrected chi connectivity index (χ1v) is 5.36. The highest BCUT2D eigenvalue weighted by Crippen LogP contribution is 2.29. The van der Waals surface area contributed by atoms with E-state index in [0.717, 1.165) is 12.8 Å². The summed E-state index contributed by atoms with van der Waals surface area (Å²) in [5.41, 5.74) is 0. The van der Waals surface area contributed by atoms with Gasteiger partial charge in [-0.2, -0.15) is 5.26 Å². The first-order valence-electron chi connectivity index (χ1n) is 5.36. The molecule has 5 nitrogen and oxygen atoms in total. The number of ether oxygens (including phenoxy) is 1. The van der Waals surface area contributed by atoms with Gasteiger partial charge in [0.25, 0.3) is 0 Å². The van der Waals surface area contributed by atoms with Crippen LogP contribution >= 0.6 is 0 Å². The van der Waals surface area contributed by atoms with Crippen molar-refractivity contribution in [3.05, 3.63) is 0 Å². The summed E-state index contributed by atoms with van der Waals surface area (Å²) in [6.07, 6.45) is 2.06.